The van der Waals surface area contributed by atoms with Gasteiger partial charge < -0.3 is 10.6 Å². The van der Waals surface area contributed by atoms with Gasteiger partial charge in [-0.05, 0) is 43.4 Å². The molecule has 1 heterocycles. The minimum absolute atomic E-state index is 0.0480. The predicted molar refractivity (Wildman–Crippen MR) is 72.9 cm³/mol. The number of anilines is 1. The largest absolute Gasteiger partial charge is 0.384 e. The van der Waals surface area contributed by atoms with Crippen molar-refractivity contribution in [3.05, 3.63) is 41.5 Å². The van der Waals surface area contributed by atoms with E-state index in [0.717, 1.165) is 43.5 Å². The maximum absolute atomic E-state index is 12.1. The lowest BCUT2D eigenvalue weighted by Crippen LogP contribution is -2.35. The number of hydrogen-bond acceptors (Lipinski definition) is 2. The van der Waals surface area contributed by atoms with Crippen LogP contribution in [0.1, 0.15) is 35.2 Å². The minimum atomic E-state index is 0.0480. The molecule has 0 bridgehead atoms. The Hall–Kier alpha value is -1.77. The van der Waals surface area contributed by atoms with Gasteiger partial charge in [0.15, 0.2) is 0 Å². The highest BCUT2D eigenvalue weighted by Gasteiger charge is 2.16. The van der Waals surface area contributed by atoms with Crippen LogP contribution in [0.4, 0.5) is 5.69 Å². The van der Waals surface area contributed by atoms with Crippen molar-refractivity contribution < 1.29 is 4.79 Å². The molecule has 0 fully saturated rings. The van der Waals surface area contributed by atoms with Crippen LogP contribution in [0.5, 0.6) is 0 Å². The molecule has 0 saturated carbocycles. The van der Waals surface area contributed by atoms with Gasteiger partial charge in [-0.25, -0.2) is 0 Å². The quantitative estimate of drug-likeness (QED) is 0.782. The van der Waals surface area contributed by atoms with E-state index in [1.807, 2.05) is 12.1 Å². The summed E-state index contributed by atoms with van der Waals surface area (Å²) in [5.74, 6) is 0.0480. The molecule has 3 nitrogen and oxygen atoms in total. The lowest BCUT2D eigenvalue weighted by atomic mass is 10.0. The number of carbonyl (C=O) groups excluding carboxylic acids is 1. The van der Waals surface area contributed by atoms with Gasteiger partial charge in [0.25, 0.3) is 5.91 Å². The van der Waals surface area contributed by atoms with Crippen LogP contribution in [0.2, 0.25) is 0 Å². The third-order valence-corrected chi connectivity index (χ3v) is 3.69. The minimum Gasteiger partial charge on any atom is -0.384 e. The highest BCUT2D eigenvalue weighted by atomic mass is 16.1. The zero-order valence-corrected chi connectivity index (χ0v) is 10.4. The second-order valence-corrected chi connectivity index (χ2v) is 5.00. The molecule has 1 aliphatic heterocycles. The molecule has 0 spiro atoms. The van der Waals surface area contributed by atoms with E-state index >= 15 is 0 Å². The molecular weight excluding hydrogens is 224 g/mol. The third-order valence-electron chi connectivity index (χ3n) is 3.69. The molecule has 1 aromatic rings. The van der Waals surface area contributed by atoms with Crippen molar-refractivity contribution in [2.75, 3.05) is 11.9 Å². The van der Waals surface area contributed by atoms with Crippen molar-refractivity contribution in [2.45, 2.75) is 31.7 Å². The number of nitrogens with one attached hydrogen (secondary N) is 2. The Labute approximate surface area is 107 Å². The fourth-order valence-electron chi connectivity index (χ4n) is 2.63. The van der Waals surface area contributed by atoms with Crippen molar-refractivity contribution in [3.8, 4) is 0 Å². The lowest BCUT2D eigenvalue weighted by molar-refractivity contribution is 0.0935. The number of amides is 1. The summed E-state index contributed by atoms with van der Waals surface area (Å²) in [6, 6.07) is 6.25. The zero-order chi connectivity index (χ0) is 12.4. The van der Waals surface area contributed by atoms with E-state index in [9.17, 15) is 4.79 Å². The van der Waals surface area contributed by atoms with Gasteiger partial charge in [0.05, 0.1) is 0 Å². The van der Waals surface area contributed by atoms with Crippen LogP contribution in [-0.2, 0) is 6.42 Å². The van der Waals surface area contributed by atoms with E-state index in [4.69, 9.17) is 0 Å². The molecule has 3 heteroatoms. The molecule has 1 atom stereocenters. The first-order valence-electron chi connectivity index (χ1n) is 6.65. The molecule has 2 N–H and O–H groups in total. The van der Waals surface area contributed by atoms with Crippen molar-refractivity contribution in [1.82, 2.24) is 5.32 Å². The molecule has 1 amide bonds. The summed E-state index contributed by atoms with van der Waals surface area (Å²) in [5, 5.41) is 6.42. The van der Waals surface area contributed by atoms with Gasteiger partial charge >= 0.3 is 0 Å². The van der Waals surface area contributed by atoms with E-state index in [2.05, 4.69) is 28.9 Å². The van der Waals surface area contributed by atoms with E-state index < -0.39 is 0 Å². The number of benzene rings is 1. The Morgan fingerprint density at radius 2 is 2.28 bits per heavy atom. The maximum atomic E-state index is 12.1. The predicted octanol–water partition coefficient (Wildman–Crippen LogP) is 2.49. The van der Waals surface area contributed by atoms with Crippen LogP contribution in [0.25, 0.3) is 0 Å². The molecule has 94 valence electrons. The summed E-state index contributed by atoms with van der Waals surface area (Å²) >= 11 is 0. The molecule has 2 aliphatic rings. The number of fused-ring (bicyclic) bond motifs is 1. The molecule has 0 radical (unpaired) electrons. The Kier molecular flexibility index (Phi) is 3.05. The number of allylic oxidation sites excluding steroid dienone is 1. The summed E-state index contributed by atoms with van der Waals surface area (Å²) in [6.07, 6.45) is 8.46. The van der Waals surface area contributed by atoms with Crippen molar-refractivity contribution in [3.63, 3.8) is 0 Å². The van der Waals surface area contributed by atoms with Crippen LogP contribution in [0, 0.1) is 0 Å². The van der Waals surface area contributed by atoms with Crippen LogP contribution in [0.15, 0.2) is 30.4 Å². The standard InChI is InChI=1S/C15H18N2O/c18-15(17-13-4-2-1-3-5-13)12-7-6-11-8-9-16-14(11)10-12/h1-2,6-7,10,13,16H,3-5,8-9H2,(H,17,18). The highest BCUT2D eigenvalue weighted by Crippen LogP contribution is 2.23. The molecule has 1 unspecified atom stereocenters. The zero-order valence-electron chi connectivity index (χ0n) is 10.4. The second-order valence-electron chi connectivity index (χ2n) is 5.00. The fourth-order valence-corrected chi connectivity index (χ4v) is 2.63. The highest BCUT2D eigenvalue weighted by molar-refractivity contribution is 5.95. The van der Waals surface area contributed by atoms with Gasteiger partial charge in [-0.15, -0.1) is 0 Å². The number of hydrogen-bond donors (Lipinski definition) is 2. The second kappa shape index (κ2) is 4.84. The third kappa shape index (κ3) is 2.26. The average molecular weight is 242 g/mol. The Morgan fingerprint density at radius 3 is 3.11 bits per heavy atom. The molecular formula is C15H18N2O. The van der Waals surface area contributed by atoms with Crippen LogP contribution in [-0.4, -0.2) is 18.5 Å². The summed E-state index contributed by atoms with van der Waals surface area (Å²) in [5.41, 5.74) is 3.19. The topological polar surface area (TPSA) is 41.1 Å². The first kappa shape index (κ1) is 11.3. The summed E-state index contributed by atoms with van der Waals surface area (Å²) in [6.45, 7) is 0.980. The smallest absolute Gasteiger partial charge is 0.251 e. The molecule has 0 aromatic heterocycles. The lowest BCUT2D eigenvalue weighted by Gasteiger charge is -2.19. The van der Waals surface area contributed by atoms with Gasteiger partial charge in [0.2, 0.25) is 0 Å². The number of rotatable bonds is 2. The SMILES string of the molecule is O=C(NC1CC=CCC1)c1ccc2c(c1)NCC2. The summed E-state index contributed by atoms with van der Waals surface area (Å²) in [4.78, 5) is 12.1. The molecule has 1 aromatic carbocycles. The van der Waals surface area contributed by atoms with Gasteiger partial charge in [0.1, 0.15) is 0 Å². The van der Waals surface area contributed by atoms with E-state index in [-0.39, 0.29) is 5.91 Å². The average Bonchev–Trinajstić information content (AvgIpc) is 2.87. The molecule has 18 heavy (non-hydrogen) atoms. The molecule has 0 saturated heterocycles. The first-order chi connectivity index (χ1) is 8.83. The van der Waals surface area contributed by atoms with Crippen molar-refractivity contribution >= 4 is 11.6 Å². The number of carbonyl (C=O) groups is 1. The van der Waals surface area contributed by atoms with Crippen molar-refractivity contribution in [2.24, 2.45) is 0 Å². The fraction of sp³-hybridized carbons (Fsp3) is 0.400. The van der Waals surface area contributed by atoms with Crippen LogP contribution in [0.3, 0.4) is 0 Å². The summed E-state index contributed by atoms with van der Waals surface area (Å²) < 4.78 is 0. The monoisotopic (exact) mass is 242 g/mol. The van der Waals surface area contributed by atoms with Gasteiger partial charge in [-0.3, -0.25) is 4.79 Å². The van der Waals surface area contributed by atoms with E-state index in [1.165, 1.54) is 5.56 Å². The van der Waals surface area contributed by atoms with E-state index in [0.29, 0.717) is 6.04 Å². The van der Waals surface area contributed by atoms with Gasteiger partial charge in [0, 0.05) is 23.8 Å². The van der Waals surface area contributed by atoms with Gasteiger partial charge in [-0.2, -0.15) is 0 Å². The Bertz CT molecular complexity index is 493. The molecule has 1 aliphatic carbocycles. The molecule has 3 rings (SSSR count). The maximum Gasteiger partial charge on any atom is 0.251 e. The normalized spacial score (nSPS) is 21.2. The van der Waals surface area contributed by atoms with Gasteiger partial charge in [-0.1, -0.05) is 18.2 Å². The Balaban J connectivity index is 1.70. The van der Waals surface area contributed by atoms with Crippen LogP contribution < -0.4 is 10.6 Å². The summed E-state index contributed by atoms with van der Waals surface area (Å²) in [7, 11) is 0. The van der Waals surface area contributed by atoms with Crippen molar-refractivity contribution in [1.29, 1.82) is 0 Å². The van der Waals surface area contributed by atoms with E-state index in [1.54, 1.807) is 0 Å². The first-order valence-corrected chi connectivity index (χ1v) is 6.65. The Morgan fingerprint density at radius 1 is 1.33 bits per heavy atom. The van der Waals surface area contributed by atoms with Crippen LogP contribution >= 0.6 is 0 Å².